The van der Waals surface area contributed by atoms with Gasteiger partial charge < -0.3 is 16.0 Å². The van der Waals surface area contributed by atoms with Crippen LogP contribution in [0.15, 0.2) is 30.3 Å². The molecular formula is C20H31N3O2. The van der Waals surface area contributed by atoms with Crippen molar-refractivity contribution >= 4 is 11.8 Å². The van der Waals surface area contributed by atoms with Crippen LogP contribution in [0.5, 0.6) is 0 Å². The molecule has 0 aliphatic carbocycles. The van der Waals surface area contributed by atoms with Crippen molar-refractivity contribution in [1.29, 1.82) is 0 Å². The molecule has 1 atom stereocenters. The Kier molecular flexibility index (Phi) is 5.88. The Labute approximate surface area is 151 Å². The first kappa shape index (κ1) is 19.4. The Bertz CT molecular complexity index is 595. The van der Waals surface area contributed by atoms with Crippen LogP contribution >= 0.6 is 0 Å². The van der Waals surface area contributed by atoms with Gasteiger partial charge in [-0.25, -0.2) is 0 Å². The van der Waals surface area contributed by atoms with Gasteiger partial charge in [-0.15, -0.1) is 0 Å². The van der Waals surface area contributed by atoms with Crippen LogP contribution < -0.4 is 16.0 Å². The minimum absolute atomic E-state index is 0.00366. The average molecular weight is 345 g/mol. The normalized spacial score (nSPS) is 20.5. The van der Waals surface area contributed by atoms with Crippen LogP contribution in [-0.4, -0.2) is 35.5 Å². The van der Waals surface area contributed by atoms with Gasteiger partial charge in [-0.3, -0.25) is 9.59 Å². The summed E-state index contributed by atoms with van der Waals surface area (Å²) in [5.41, 5.74) is 1.00. The largest absolute Gasteiger partial charge is 0.347 e. The number of carbonyl (C=O) groups excluding carboxylic acids is 2. The summed E-state index contributed by atoms with van der Waals surface area (Å²) in [5.74, 6) is -0.939. The van der Waals surface area contributed by atoms with E-state index >= 15 is 0 Å². The molecule has 1 aromatic carbocycles. The molecule has 1 aromatic rings. The van der Waals surface area contributed by atoms with Crippen molar-refractivity contribution in [3.05, 3.63) is 35.9 Å². The molecule has 2 rings (SSSR count). The highest BCUT2D eigenvalue weighted by Gasteiger charge is 2.38. The van der Waals surface area contributed by atoms with Gasteiger partial charge in [0.15, 0.2) is 0 Å². The number of rotatable bonds is 4. The second kappa shape index (κ2) is 7.56. The third kappa shape index (κ3) is 5.85. The lowest BCUT2D eigenvalue weighted by Gasteiger charge is -2.46. The lowest BCUT2D eigenvalue weighted by molar-refractivity contribution is -0.140. The van der Waals surface area contributed by atoms with Crippen molar-refractivity contribution in [1.82, 2.24) is 16.0 Å². The summed E-state index contributed by atoms with van der Waals surface area (Å²) in [6, 6.07) is 9.95. The predicted molar refractivity (Wildman–Crippen MR) is 100 cm³/mol. The summed E-state index contributed by atoms with van der Waals surface area (Å²) < 4.78 is 0. The molecule has 1 saturated heterocycles. The molecule has 0 aromatic heterocycles. The number of hydrogen-bond donors (Lipinski definition) is 3. The van der Waals surface area contributed by atoms with Gasteiger partial charge in [-0.2, -0.15) is 0 Å². The molecule has 0 unspecified atom stereocenters. The third-order valence-electron chi connectivity index (χ3n) is 4.67. The number of piperidine rings is 1. The van der Waals surface area contributed by atoms with E-state index in [1.54, 1.807) is 0 Å². The number of benzene rings is 1. The van der Waals surface area contributed by atoms with Crippen molar-refractivity contribution in [3.63, 3.8) is 0 Å². The van der Waals surface area contributed by atoms with Crippen LogP contribution in [0, 0.1) is 0 Å². The SMILES string of the molecule is C[C@H](CNC(=O)C(=O)NC1CC(C)(C)NC(C)(C)C1)c1ccccc1. The Morgan fingerprint density at radius 1 is 1.08 bits per heavy atom. The fourth-order valence-corrected chi connectivity index (χ4v) is 3.90. The molecule has 3 N–H and O–H groups in total. The molecule has 0 bridgehead atoms. The topological polar surface area (TPSA) is 70.2 Å². The highest BCUT2D eigenvalue weighted by molar-refractivity contribution is 6.35. The van der Waals surface area contributed by atoms with Crippen molar-refractivity contribution in [2.75, 3.05) is 6.54 Å². The quantitative estimate of drug-likeness (QED) is 0.734. The van der Waals surface area contributed by atoms with Crippen LogP contribution in [0.4, 0.5) is 0 Å². The summed E-state index contributed by atoms with van der Waals surface area (Å²) in [7, 11) is 0. The minimum Gasteiger partial charge on any atom is -0.347 e. The maximum absolute atomic E-state index is 12.2. The van der Waals surface area contributed by atoms with Crippen LogP contribution in [-0.2, 0) is 9.59 Å². The first-order chi connectivity index (χ1) is 11.6. The molecule has 1 aliphatic rings. The fraction of sp³-hybridized carbons (Fsp3) is 0.600. The Morgan fingerprint density at radius 3 is 2.20 bits per heavy atom. The van der Waals surface area contributed by atoms with Crippen LogP contribution in [0.1, 0.15) is 58.9 Å². The van der Waals surface area contributed by atoms with Crippen LogP contribution in [0.3, 0.4) is 0 Å². The van der Waals surface area contributed by atoms with E-state index in [0.717, 1.165) is 18.4 Å². The molecule has 138 valence electrons. The average Bonchev–Trinajstić information content (AvgIpc) is 2.49. The zero-order chi connectivity index (χ0) is 18.7. The summed E-state index contributed by atoms with van der Waals surface area (Å²) in [5, 5.41) is 9.22. The van der Waals surface area contributed by atoms with E-state index < -0.39 is 11.8 Å². The first-order valence-electron chi connectivity index (χ1n) is 9.01. The molecule has 1 aliphatic heterocycles. The molecule has 25 heavy (non-hydrogen) atoms. The monoisotopic (exact) mass is 345 g/mol. The predicted octanol–water partition coefficient (Wildman–Crippen LogP) is 2.33. The van der Waals surface area contributed by atoms with Gasteiger partial charge in [-0.05, 0) is 52.0 Å². The van der Waals surface area contributed by atoms with Gasteiger partial charge in [0.05, 0.1) is 0 Å². The van der Waals surface area contributed by atoms with Gasteiger partial charge in [0.2, 0.25) is 0 Å². The standard InChI is InChI=1S/C20H31N3O2/c1-14(15-9-7-6-8-10-15)13-21-17(24)18(25)22-16-11-19(2,3)23-20(4,5)12-16/h6-10,14,16,23H,11-13H2,1-5H3,(H,21,24)(H,22,25)/t14-/m1/s1. The fourth-order valence-electron chi connectivity index (χ4n) is 3.90. The van der Waals surface area contributed by atoms with Gasteiger partial charge in [0.25, 0.3) is 0 Å². The van der Waals surface area contributed by atoms with E-state index in [9.17, 15) is 9.59 Å². The Hall–Kier alpha value is -1.88. The smallest absolute Gasteiger partial charge is 0.309 e. The van der Waals surface area contributed by atoms with E-state index in [-0.39, 0.29) is 23.0 Å². The lowest BCUT2D eigenvalue weighted by atomic mass is 9.79. The maximum atomic E-state index is 12.2. The van der Waals surface area contributed by atoms with Crippen LogP contribution in [0.2, 0.25) is 0 Å². The van der Waals surface area contributed by atoms with Crippen LogP contribution in [0.25, 0.3) is 0 Å². The molecule has 0 radical (unpaired) electrons. The zero-order valence-electron chi connectivity index (χ0n) is 16.0. The highest BCUT2D eigenvalue weighted by atomic mass is 16.2. The molecular weight excluding hydrogens is 314 g/mol. The Balaban J connectivity index is 1.85. The zero-order valence-corrected chi connectivity index (χ0v) is 16.0. The van der Waals surface area contributed by atoms with Gasteiger partial charge >= 0.3 is 11.8 Å². The summed E-state index contributed by atoms with van der Waals surface area (Å²) in [4.78, 5) is 24.4. The van der Waals surface area contributed by atoms with E-state index in [1.165, 1.54) is 0 Å². The molecule has 5 nitrogen and oxygen atoms in total. The summed E-state index contributed by atoms with van der Waals surface area (Å²) >= 11 is 0. The number of nitrogens with one attached hydrogen (secondary N) is 3. The van der Waals surface area contributed by atoms with E-state index in [0.29, 0.717) is 6.54 Å². The maximum Gasteiger partial charge on any atom is 0.309 e. The Morgan fingerprint density at radius 2 is 1.64 bits per heavy atom. The molecule has 2 amide bonds. The molecule has 0 spiro atoms. The van der Waals surface area contributed by atoms with Crippen molar-refractivity contribution in [2.45, 2.75) is 70.5 Å². The lowest BCUT2D eigenvalue weighted by Crippen LogP contribution is -2.62. The van der Waals surface area contributed by atoms with Gasteiger partial charge in [-0.1, -0.05) is 37.3 Å². The first-order valence-corrected chi connectivity index (χ1v) is 9.01. The summed E-state index contributed by atoms with van der Waals surface area (Å²) in [6.07, 6.45) is 1.60. The van der Waals surface area contributed by atoms with Gasteiger partial charge in [0.1, 0.15) is 0 Å². The van der Waals surface area contributed by atoms with E-state index in [1.807, 2.05) is 37.3 Å². The second-order valence-corrected chi connectivity index (χ2v) is 8.49. The molecule has 5 heteroatoms. The number of amides is 2. The van der Waals surface area contributed by atoms with Crippen molar-refractivity contribution in [2.24, 2.45) is 0 Å². The van der Waals surface area contributed by atoms with Crippen molar-refractivity contribution < 1.29 is 9.59 Å². The third-order valence-corrected chi connectivity index (χ3v) is 4.67. The molecule has 1 fully saturated rings. The second-order valence-electron chi connectivity index (χ2n) is 8.49. The number of carbonyl (C=O) groups is 2. The highest BCUT2D eigenvalue weighted by Crippen LogP contribution is 2.28. The minimum atomic E-state index is -0.558. The molecule has 0 saturated carbocycles. The van der Waals surface area contributed by atoms with E-state index in [2.05, 4.69) is 43.6 Å². The summed E-state index contributed by atoms with van der Waals surface area (Å²) in [6.45, 7) is 11.0. The number of hydrogen-bond acceptors (Lipinski definition) is 3. The van der Waals surface area contributed by atoms with E-state index in [4.69, 9.17) is 0 Å². The van der Waals surface area contributed by atoms with Crippen molar-refractivity contribution in [3.8, 4) is 0 Å². The van der Waals surface area contributed by atoms with Gasteiger partial charge in [0, 0.05) is 23.7 Å². The molecule has 1 heterocycles.